The zero-order valence-corrected chi connectivity index (χ0v) is 11.3. The first-order valence-electron chi connectivity index (χ1n) is 5.49. The molecule has 96 valence electrons. The summed E-state index contributed by atoms with van der Waals surface area (Å²) in [6.07, 6.45) is 2.98. The quantitative estimate of drug-likeness (QED) is 0.573. The standard InChI is InChI=1S/C15H9Cl2FO/c16-11-4-7-14(17)13(9-11)15(19)8-3-10-1-5-12(18)6-2-10/h1-9H. The molecule has 0 atom stereocenters. The van der Waals surface area contributed by atoms with Gasteiger partial charge in [0.15, 0.2) is 5.78 Å². The average Bonchev–Trinajstić information content (AvgIpc) is 2.40. The van der Waals surface area contributed by atoms with E-state index in [9.17, 15) is 9.18 Å². The molecule has 2 rings (SSSR count). The van der Waals surface area contributed by atoms with E-state index < -0.39 is 0 Å². The SMILES string of the molecule is O=C(C=Cc1ccc(F)cc1)c1cc(Cl)ccc1Cl. The van der Waals surface area contributed by atoms with Crippen molar-refractivity contribution in [2.45, 2.75) is 0 Å². The van der Waals surface area contributed by atoms with Crippen molar-refractivity contribution in [1.82, 2.24) is 0 Å². The van der Waals surface area contributed by atoms with Crippen LogP contribution in [0.4, 0.5) is 4.39 Å². The van der Waals surface area contributed by atoms with E-state index in [1.54, 1.807) is 30.3 Å². The lowest BCUT2D eigenvalue weighted by Gasteiger charge is -2.00. The number of hydrogen-bond donors (Lipinski definition) is 0. The maximum absolute atomic E-state index is 12.7. The minimum Gasteiger partial charge on any atom is -0.289 e. The normalized spacial score (nSPS) is 10.9. The van der Waals surface area contributed by atoms with Gasteiger partial charge in [-0.05, 0) is 42.0 Å². The van der Waals surface area contributed by atoms with Crippen LogP contribution in [0.1, 0.15) is 15.9 Å². The molecular formula is C15H9Cl2FO. The lowest BCUT2D eigenvalue weighted by Crippen LogP contribution is -1.95. The van der Waals surface area contributed by atoms with E-state index >= 15 is 0 Å². The highest BCUT2D eigenvalue weighted by Crippen LogP contribution is 2.21. The van der Waals surface area contributed by atoms with Gasteiger partial charge in [-0.25, -0.2) is 4.39 Å². The molecule has 0 aliphatic rings. The topological polar surface area (TPSA) is 17.1 Å². The van der Waals surface area contributed by atoms with Crippen molar-refractivity contribution in [2.75, 3.05) is 0 Å². The zero-order valence-electron chi connectivity index (χ0n) is 9.74. The third-order valence-electron chi connectivity index (χ3n) is 2.49. The van der Waals surface area contributed by atoms with Crippen LogP contribution in [0, 0.1) is 5.82 Å². The fourth-order valence-electron chi connectivity index (χ4n) is 1.52. The predicted octanol–water partition coefficient (Wildman–Crippen LogP) is 5.03. The highest BCUT2D eigenvalue weighted by molar-refractivity contribution is 6.36. The number of hydrogen-bond acceptors (Lipinski definition) is 1. The molecule has 0 fully saturated rings. The number of benzene rings is 2. The highest BCUT2D eigenvalue weighted by atomic mass is 35.5. The number of rotatable bonds is 3. The smallest absolute Gasteiger partial charge is 0.187 e. The van der Waals surface area contributed by atoms with E-state index in [2.05, 4.69) is 0 Å². The third kappa shape index (κ3) is 3.66. The third-order valence-corrected chi connectivity index (χ3v) is 3.06. The molecule has 0 aliphatic carbocycles. The van der Waals surface area contributed by atoms with Crippen molar-refractivity contribution in [1.29, 1.82) is 0 Å². The molecule has 0 aliphatic heterocycles. The van der Waals surface area contributed by atoms with Gasteiger partial charge < -0.3 is 0 Å². The van der Waals surface area contributed by atoms with Crippen LogP contribution in [0.3, 0.4) is 0 Å². The van der Waals surface area contributed by atoms with E-state index in [4.69, 9.17) is 23.2 Å². The van der Waals surface area contributed by atoms with Crippen molar-refractivity contribution in [2.24, 2.45) is 0 Å². The Morgan fingerprint density at radius 3 is 2.42 bits per heavy atom. The summed E-state index contributed by atoms with van der Waals surface area (Å²) in [4.78, 5) is 12.0. The first-order chi connectivity index (χ1) is 9.06. The molecule has 0 bridgehead atoms. The Balaban J connectivity index is 2.21. The first kappa shape index (κ1) is 13.8. The molecule has 0 spiro atoms. The molecule has 0 unspecified atom stereocenters. The second-order valence-corrected chi connectivity index (χ2v) is 4.72. The Morgan fingerprint density at radius 1 is 1.05 bits per heavy atom. The van der Waals surface area contributed by atoms with Crippen LogP contribution in [0.15, 0.2) is 48.5 Å². The van der Waals surface area contributed by atoms with Crippen LogP contribution in [0.2, 0.25) is 10.0 Å². The second-order valence-electron chi connectivity index (χ2n) is 3.87. The van der Waals surface area contributed by atoms with Crippen molar-refractivity contribution in [3.05, 3.63) is 75.5 Å². The fraction of sp³-hybridized carbons (Fsp3) is 0. The molecule has 0 saturated carbocycles. The average molecular weight is 295 g/mol. The van der Waals surface area contributed by atoms with Gasteiger partial charge in [-0.2, -0.15) is 0 Å². The molecule has 0 heterocycles. The lowest BCUT2D eigenvalue weighted by atomic mass is 10.1. The molecular weight excluding hydrogens is 286 g/mol. The van der Waals surface area contributed by atoms with Crippen molar-refractivity contribution < 1.29 is 9.18 Å². The van der Waals surface area contributed by atoms with E-state index in [1.165, 1.54) is 24.3 Å². The molecule has 0 saturated heterocycles. The molecule has 0 amide bonds. The van der Waals surface area contributed by atoms with Gasteiger partial charge in [-0.15, -0.1) is 0 Å². The van der Waals surface area contributed by atoms with Crippen LogP contribution >= 0.6 is 23.2 Å². The summed E-state index contributed by atoms with van der Waals surface area (Å²) in [5.41, 5.74) is 1.07. The lowest BCUT2D eigenvalue weighted by molar-refractivity contribution is 0.104. The van der Waals surface area contributed by atoms with Gasteiger partial charge >= 0.3 is 0 Å². The van der Waals surface area contributed by atoms with Crippen molar-refractivity contribution in [3.8, 4) is 0 Å². The molecule has 0 N–H and O–H groups in total. The number of allylic oxidation sites excluding steroid dienone is 1. The van der Waals surface area contributed by atoms with Crippen molar-refractivity contribution in [3.63, 3.8) is 0 Å². The number of carbonyl (C=O) groups is 1. The summed E-state index contributed by atoms with van der Waals surface area (Å²) in [5.74, 6) is -0.571. The minimum atomic E-state index is -0.318. The zero-order chi connectivity index (χ0) is 13.8. The number of carbonyl (C=O) groups excluding carboxylic acids is 1. The minimum absolute atomic E-state index is 0.253. The van der Waals surface area contributed by atoms with Crippen LogP contribution < -0.4 is 0 Å². The van der Waals surface area contributed by atoms with Gasteiger partial charge in [0.05, 0.1) is 5.02 Å². The van der Waals surface area contributed by atoms with Gasteiger partial charge in [0.2, 0.25) is 0 Å². The van der Waals surface area contributed by atoms with E-state index in [1.807, 2.05) is 0 Å². The Bertz CT molecular complexity index is 633. The number of halogens is 3. The van der Waals surface area contributed by atoms with E-state index in [0.29, 0.717) is 15.6 Å². The van der Waals surface area contributed by atoms with Crippen LogP contribution in [-0.4, -0.2) is 5.78 Å². The molecule has 19 heavy (non-hydrogen) atoms. The van der Waals surface area contributed by atoms with Gasteiger partial charge in [-0.1, -0.05) is 41.4 Å². The number of ketones is 1. The molecule has 1 nitrogen and oxygen atoms in total. The Labute approximate surface area is 120 Å². The molecule has 4 heteroatoms. The summed E-state index contributed by atoms with van der Waals surface area (Å²) >= 11 is 11.7. The van der Waals surface area contributed by atoms with Gasteiger partial charge in [0, 0.05) is 10.6 Å². The maximum atomic E-state index is 12.7. The van der Waals surface area contributed by atoms with Crippen LogP contribution in [0.5, 0.6) is 0 Å². The van der Waals surface area contributed by atoms with E-state index in [0.717, 1.165) is 5.56 Å². The Morgan fingerprint density at radius 2 is 1.74 bits per heavy atom. The summed E-state index contributed by atoms with van der Waals surface area (Å²) in [6.45, 7) is 0. The van der Waals surface area contributed by atoms with Crippen molar-refractivity contribution >= 4 is 35.1 Å². The summed E-state index contributed by atoms with van der Waals surface area (Å²) in [5, 5.41) is 0.793. The first-order valence-corrected chi connectivity index (χ1v) is 6.25. The predicted molar refractivity (Wildman–Crippen MR) is 76.2 cm³/mol. The Kier molecular flexibility index (Phi) is 4.35. The van der Waals surface area contributed by atoms with Gasteiger partial charge in [-0.3, -0.25) is 4.79 Å². The van der Waals surface area contributed by atoms with Crippen LogP contribution in [-0.2, 0) is 0 Å². The fourth-order valence-corrected chi connectivity index (χ4v) is 1.90. The monoisotopic (exact) mass is 294 g/mol. The molecule has 0 aromatic heterocycles. The molecule has 2 aromatic carbocycles. The van der Waals surface area contributed by atoms with Gasteiger partial charge in [0.1, 0.15) is 5.82 Å². The maximum Gasteiger partial charge on any atom is 0.187 e. The van der Waals surface area contributed by atoms with E-state index in [-0.39, 0.29) is 11.6 Å². The van der Waals surface area contributed by atoms with Gasteiger partial charge in [0.25, 0.3) is 0 Å². The molecule has 0 radical (unpaired) electrons. The second kappa shape index (κ2) is 6.00. The van der Waals surface area contributed by atoms with Crippen LogP contribution in [0.25, 0.3) is 6.08 Å². The summed E-state index contributed by atoms with van der Waals surface area (Å²) in [7, 11) is 0. The summed E-state index contributed by atoms with van der Waals surface area (Å²) in [6, 6.07) is 10.5. The highest BCUT2D eigenvalue weighted by Gasteiger charge is 2.07. The Hall–Kier alpha value is -1.64. The largest absolute Gasteiger partial charge is 0.289 e. The summed E-state index contributed by atoms with van der Waals surface area (Å²) < 4.78 is 12.7. The molecule has 2 aromatic rings.